The zero-order valence-electron chi connectivity index (χ0n) is 17.7. The molecule has 3 aromatic carbocycles. The molecule has 7 nitrogen and oxygen atoms in total. The highest BCUT2D eigenvalue weighted by molar-refractivity contribution is 6.12. The molecule has 0 atom stereocenters. The molecule has 4 N–H and O–H groups in total. The van der Waals surface area contributed by atoms with Crippen LogP contribution >= 0.6 is 0 Å². The number of carbonyl (C=O) groups excluding carboxylic acids is 1. The summed E-state index contributed by atoms with van der Waals surface area (Å²) in [5.74, 6) is 0.825. The van der Waals surface area contributed by atoms with Gasteiger partial charge in [0.1, 0.15) is 11.6 Å². The highest BCUT2D eigenvalue weighted by Crippen LogP contribution is 2.30. The third-order valence-corrected chi connectivity index (χ3v) is 5.50. The zero-order chi connectivity index (χ0) is 22.1. The molecule has 32 heavy (non-hydrogen) atoms. The number of nitrogens with two attached hydrogens (primary N) is 1. The first-order valence-electron chi connectivity index (χ1n) is 10.6. The SMILES string of the molecule is CCCCOc1cc2ccccc2cc1C(=O)Nc1nc(N)c2c(ccc3nccc32)[nH]1. The maximum Gasteiger partial charge on any atom is 0.261 e. The summed E-state index contributed by atoms with van der Waals surface area (Å²) >= 11 is 0. The van der Waals surface area contributed by atoms with Crippen LogP contribution in [0.1, 0.15) is 30.1 Å². The summed E-state index contributed by atoms with van der Waals surface area (Å²) in [6.45, 7) is 2.65. The number of unbranched alkanes of at least 4 members (excludes halogenated alkanes) is 1. The topological polar surface area (TPSA) is 106 Å². The van der Waals surface area contributed by atoms with E-state index in [0.29, 0.717) is 23.7 Å². The number of hydrogen-bond acceptors (Lipinski definition) is 5. The molecule has 5 rings (SSSR count). The number of H-pyrrole nitrogens is 1. The Bertz CT molecular complexity index is 1460. The van der Waals surface area contributed by atoms with Gasteiger partial charge < -0.3 is 15.5 Å². The molecule has 160 valence electrons. The molecule has 0 saturated carbocycles. The Balaban J connectivity index is 1.51. The van der Waals surface area contributed by atoms with Gasteiger partial charge >= 0.3 is 0 Å². The molecular formula is C25H23N5O2. The van der Waals surface area contributed by atoms with Gasteiger partial charge in [0.25, 0.3) is 5.91 Å². The van der Waals surface area contributed by atoms with Gasteiger partial charge in [-0.3, -0.25) is 15.1 Å². The molecule has 0 unspecified atom stereocenters. The molecule has 0 aliphatic heterocycles. The Labute approximate surface area is 184 Å². The van der Waals surface area contributed by atoms with E-state index in [1.807, 2.05) is 54.6 Å². The summed E-state index contributed by atoms with van der Waals surface area (Å²) in [5, 5.41) is 6.53. The Morgan fingerprint density at radius 3 is 2.75 bits per heavy atom. The number of rotatable bonds is 6. The minimum Gasteiger partial charge on any atom is -0.493 e. The first-order valence-corrected chi connectivity index (χ1v) is 10.6. The van der Waals surface area contributed by atoms with Crippen LogP contribution in [0.4, 0.5) is 11.8 Å². The fourth-order valence-electron chi connectivity index (χ4n) is 3.87. The van der Waals surface area contributed by atoms with Crippen molar-refractivity contribution in [1.82, 2.24) is 15.0 Å². The molecule has 5 aromatic rings. The lowest BCUT2D eigenvalue weighted by Gasteiger charge is -2.14. The van der Waals surface area contributed by atoms with Crippen LogP contribution in [0.25, 0.3) is 32.6 Å². The standard InChI is InChI=1S/C25H23N5O2/c1-2-3-12-32-21-14-16-7-5-4-6-15(16)13-18(21)24(31)30-25-28-20-9-8-19-17(10-11-27-19)22(20)23(26)29-25/h4-11,13-14H,2-3,12,26H2,1H3,(H2,28,29,30,31). The number of anilines is 2. The lowest BCUT2D eigenvalue weighted by atomic mass is 10.1. The van der Waals surface area contributed by atoms with Gasteiger partial charge in [-0.2, -0.15) is 4.98 Å². The smallest absolute Gasteiger partial charge is 0.261 e. The summed E-state index contributed by atoms with van der Waals surface area (Å²) in [5.41, 5.74) is 8.31. The molecule has 0 saturated heterocycles. The van der Waals surface area contributed by atoms with Crippen molar-refractivity contribution < 1.29 is 9.53 Å². The maximum atomic E-state index is 13.2. The van der Waals surface area contributed by atoms with Crippen LogP contribution in [0.5, 0.6) is 5.75 Å². The lowest BCUT2D eigenvalue weighted by molar-refractivity contribution is 0.102. The van der Waals surface area contributed by atoms with Crippen molar-refractivity contribution in [2.45, 2.75) is 19.8 Å². The van der Waals surface area contributed by atoms with Gasteiger partial charge in [-0.25, -0.2) is 0 Å². The number of aromatic amines is 1. The van der Waals surface area contributed by atoms with E-state index in [1.165, 1.54) is 0 Å². The van der Waals surface area contributed by atoms with E-state index >= 15 is 0 Å². The number of nitrogen functional groups attached to an aromatic ring is 1. The lowest BCUT2D eigenvalue weighted by Crippen LogP contribution is -2.16. The van der Waals surface area contributed by atoms with Gasteiger partial charge in [-0.05, 0) is 47.5 Å². The third kappa shape index (κ3) is 3.58. The van der Waals surface area contributed by atoms with Gasteiger partial charge in [0, 0.05) is 17.0 Å². The van der Waals surface area contributed by atoms with Crippen LogP contribution in [0.2, 0.25) is 0 Å². The van der Waals surface area contributed by atoms with Crippen molar-refractivity contribution >= 4 is 50.3 Å². The average molecular weight is 425 g/mol. The van der Waals surface area contributed by atoms with E-state index in [1.54, 1.807) is 6.20 Å². The number of aromatic nitrogens is 3. The van der Waals surface area contributed by atoms with E-state index in [0.717, 1.165) is 45.4 Å². The Morgan fingerprint density at radius 2 is 1.94 bits per heavy atom. The van der Waals surface area contributed by atoms with Crippen LogP contribution < -0.4 is 15.8 Å². The summed E-state index contributed by atoms with van der Waals surface area (Å²) in [7, 11) is 0. The Kier molecular flexibility index (Phi) is 5.07. The Morgan fingerprint density at radius 1 is 1.12 bits per heavy atom. The van der Waals surface area contributed by atoms with E-state index in [-0.39, 0.29) is 11.9 Å². The van der Waals surface area contributed by atoms with Crippen LogP contribution in [0, 0.1) is 0 Å². The number of carbonyl (C=O) groups is 1. The van der Waals surface area contributed by atoms with Crippen molar-refractivity contribution in [3.8, 4) is 5.75 Å². The molecule has 0 spiro atoms. The van der Waals surface area contributed by atoms with Crippen LogP contribution in [0.15, 0.2) is 60.8 Å². The van der Waals surface area contributed by atoms with Crippen LogP contribution in [0.3, 0.4) is 0 Å². The second-order valence-corrected chi connectivity index (χ2v) is 7.69. The fourth-order valence-corrected chi connectivity index (χ4v) is 3.87. The molecule has 0 fully saturated rings. The number of benzene rings is 3. The van der Waals surface area contributed by atoms with Crippen molar-refractivity contribution in [1.29, 1.82) is 0 Å². The monoisotopic (exact) mass is 425 g/mol. The molecule has 2 heterocycles. The maximum absolute atomic E-state index is 13.2. The van der Waals surface area contributed by atoms with Gasteiger partial charge in [0.05, 0.1) is 23.2 Å². The fraction of sp³-hybridized carbons (Fsp3) is 0.160. The first kappa shape index (κ1) is 19.8. The van der Waals surface area contributed by atoms with Crippen molar-refractivity contribution in [3.63, 3.8) is 0 Å². The number of amides is 1. The third-order valence-electron chi connectivity index (χ3n) is 5.50. The predicted molar refractivity (Wildman–Crippen MR) is 128 cm³/mol. The van der Waals surface area contributed by atoms with Crippen molar-refractivity contribution in [2.24, 2.45) is 0 Å². The second-order valence-electron chi connectivity index (χ2n) is 7.69. The number of ether oxygens (including phenoxy) is 1. The zero-order valence-corrected chi connectivity index (χ0v) is 17.7. The number of fused-ring (bicyclic) bond motifs is 4. The molecule has 1 amide bonds. The summed E-state index contributed by atoms with van der Waals surface area (Å²) in [4.78, 5) is 25.1. The summed E-state index contributed by atoms with van der Waals surface area (Å²) in [6, 6.07) is 17.3. The average Bonchev–Trinajstić information content (AvgIpc) is 3.27. The normalized spacial score (nSPS) is 11.3. The van der Waals surface area contributed by atoms with Crippen molar-refractivity contribution in [3.05, 3.63) is 66.4 Å². The van der Waals surface area contributed by atoms with Gasteiger partial charge in [-0.15, -0.1) is 0 Å². The minimum atomic E-state index is -0.319. The molecule has 0 aliphatic carbocycles. The summed E-state index contributed by atoms with van der Waals surface area (Å²) in [6.07, 6.45) is 3.66. The van der Waals surface area contributed by atoms with Crippen molar-refractivity contribution in [2.75, 3.05) is 17.7 Å². The quantitative estimate of drug-likeness (QED) is 0.321. The van der Waals surface area contributed by atoms with E-state index in [4.69, 9.17) is 10.5 Å². The van der Waals surface area contributed by atoms with Gasteiger partial charge in [0.15, 0.2) is 0 Å². The van der Waals surface area contributed by atoms with Gasteiger partial charge in [0.2, 0.25) is 5.95 Å². The van der Waals surface area contributed by atoms with E-state index in [2.05, 4.69) is 27.2 Å². The minimum absolute atomic E-state index is 0.270. The molecule has 0 aliphatic rings. The molecule has 0 bridgehead atoms. The number of nitrogens with zero attached hydrogens (tertiary/aromatic N) is 2. The first-order chi connectivity index (χ1) is 15.6. The molecule has 2 aromatic heterocycles. The number of hydrogen-bond donors (Lipinski definition) is 3. The van der Waals surface area contributed by atoms with Crippen LogP contribution in [-0.2, 0) is 0 Å². The van der Waals surface area contributed by atoms with E-state index < -0.39 is 0 Å². The summed E-state index contributed by atoms with van der Waals surface area (Å²) < 4.78 is 5.95. The van der Waals surface area contributed by atoms with Crippen LogP contribution in [-0.4, -0.2) is 27.5 Å². The van der Waals surface area contributed by atoms with E-state index in [9.17, 15) is 4.79 Å². The second kappa shape index (κ2) is 8.19. The largest absolute Gasteiger partial charge is 0.493 e. The molecule has 7 heteroatoms. The number of nitrogens with one attached hydrogen (secondary N) is 2. The van der Waals surface area contributed by atoms with Gasteiger partial charge in [-0.1, -0.05) is 37.6 Å². The molecular weight excluding hydrogens is 402 g/mol. The predicted octanol–water partition coefficient (Wildman–Crippen LogP) is 5.28. The molecule has 0 radical (unpaired) electrons. The Hall–Kier alpha value is -4.13. The highest BCUT2D eigenvalue weighted by Gasteiger charge is 2.17. The highest BCUT2D eigenvalue weighted by atomic mass is 16.5.